The first-order valence-electron chi connectivity index (χ1n) is 9.08. The third-order valence-corrected chi connectivity index (χ3v) is 4.50. The monoisotopic (exact) mass is 368 g/mol. The van der Waals surface area contributed by atoms with E-state index in [2.05, 4.69) is 10.3 Å². The van der Waals surface area contributed by atoms with Crippen LogP contribution in [0.25, 0.3) is 0 Å². The van der Waals surface area contributed by atoms with E-state index in [-0.39, 0.29) is 35.6 Å². The fraction of sp³-hybridized carbons (Fsp3) is 0.368. The summed E-state index contributed by atoms with van der Waals surface area (Å²) >= 11 is 0. The van der Waals surface area contributed by atoms with Crippen LogP contribution in [0.3, 0.4) is 0 Å². The van der Waals surface area contributed by atoms with Crippen molar-refractivity contribution in [1.82, 2.24) is 10.3 Å². The number of nitrogens with one attached hydrogen (secondary N) is 1. The van der Waals surface area contributed by atoms with Gasteiger partial charge in [0, 0.05) is 23.6 Å². The van der Waals surface area contributed by atoms with Crippen LogP contribution in [0.4, 0.5) is 4.39 Å². The van der Waals surface area contributed by atoms with Crippen LogP contribution in [0, 0.1) is 11.7 Å². The molecule has 27 heavy (non-hydrogen) atoms. The van der Waals surface area contributed by atoms with E-state index in [0.29, 0.717) is 11.4 Å². The van der Waals surface area contributed by atoms with Gasteiger partial charge >= 0.3 is 0 Å². The van der Waals surface area contributed by atoms with Gasteiger partial charge in [0.2, 0.25) is 11.8 Å². The Morgan fingerprint density at radius 2 is 2.07 bits per heavy atom. The standard InChI is InChI=1S/C19H23B2FN2O3/c1-19(20,21)27-17-7-4-12(9-23-17)16(10-25)24-18(26)15-8-14(15)11-2-5-13(22)6-3-11/h2-7,9,14-16,25H,8,10,20-21H2,1H3,(H,24,26)/t14-,15+,16+/m1/s1. The van der Waals surface area contributed by atoms with Gasteiger partial charge in [0.1, 0.15) is 21.5 Å². The molecule has 1 saturated carbocycles. The number of rotatable bonds is 7. The molecule has 5 nitrogen and oxygen atoms in total. The van der Waals surface area contributed by atoms with Crippen LogP contribution in [-0.2, 0) is 4.79 Å². The molecule has 3 atom stereocenters. The van der Waals surface area contributed by atoms with Crippen molar-refractivity contribution in [3.8, 4) is 5.88 Å². The molecular formula is C19H23B2FN2O3. The average molecular weight is 368 g/mol. The Hall–Kier alpha value is -2.34. The summed E-state index contributed by atoms with van der Waals surface area (Å²) in [4.78, 5) is 16.8. The molecule has 2 N–H and O–H groups in total. The smallest absolute Gasteiger partial charge is 0.224 e. The van der Waals surface area contributed by atoms with Crippen molar-refractivity contribution in [2.24, 2.45) is 5.92 Å². The lowest BCUT2D eigenvalue weighted by atomic mass is 9.67. The summed E-state index contributed by atoms with van der Waals surface area (Å²) in [6.45, 7) is 1.72. The van der Waals surface area contributed by atoms with Crippen molar-refractivity contribution >= 4 is 21.6 Å². The van der Waals surface area contributed by atoms with Gasteiger partial charge in [-0.2, -0.15) is 0 Å². The Bertz CT molecular complexity index is 794. The quantitative estimate of drug-likeness (QED) is 0.699. The van der Waals surface area contributed by atoms with Gasteiger partial charge in [-0.3, -0.25) is 4.79 Å². The number of hydrogen-bond acceptors (Lipinski definition) is 4. The van der Waals surface area contributed by atoms with Crippen LogP contribution in [-0.4, -0.2) is 43.7 Å². The first kappa shape index (κ1) is 19.4. The van der Waals surface area contributed by atoms with E-state index in [4.69, 9.17) is 4.74 Å². The molecule has 0 radical (unpaired) electrons. The highest BCUT2D eigenvalue weighted by molar-refractivity contribution is 6.38. The lowest BCUT2D eigenvalue weighted by Gasteiger charge is -2.21. The maximum atomic E-state index is 13.0. The van der Waals surface area contributed by atoms with E-state index in [1.54, 1.807) is 30.5 Å². The Morgan fingerprint density at radius 3 is 2.63 bits per heavy atom. The van der Waals surface area contributed by atoms with Gasteiger partial charge in [-0.1, -0.05) is 12.1 Å². The molecule has 1 aliphatic carbocycles. The summed E-state index contributed by atoms with van der Waals surface area (Å²) in [5, 5.41) is 12.2. The van der Waals surface area contributed by atoms with Gasteiger partial charge in [0.15, 0.2) is 0 Å². The first-order chi connectivity index (χ1) is 12.8. The molecule has 0 unspecified atom stereocenters. The summed E-state index contributed by atoms with van der Waals surface area (Å²) in [5.41, 5.74) is 1.67. The minimum Gasteiger partial charge on any atom is -0.490 e. The third-order valence-electron chi connectivity index (χ3n) is 4.50. The molecule has 0 bridgehead atoms. The molecule has 140 valence electrons. The van der Waals surface area contributed by atoms with Crippen LogP contribution >= 0.6 is 0 Å². The minimum atomic E-state index is -0.525. The summed E-state index contributed by atoms with van der Waals surface area (Å²) in [7, 11) is 3.87. The highest BCUT2D eigenvalue weighted by atomic mass is 19.1. The molecule has 2 aromatic rings. The maximum Gasteiger partial charge on any atom is 0.224 e. The van der Waals surface area contributed by atoms with Gasteiger partial charge < -0.3 is 15.2 Å². The van der Waals surface area contributed by atoms with Crippen LogP contribution in [0.15, 0.2) is 42.6 Å². The van der Waals surface area contributed by atoms with Gasteiger partial charge in [-0.25, -0.2) is 9.37 Å². The Kier molecular flexibility index (Phi) is 5.56. The summed E-state index contributed by atoms with van der Waals surface area (Å²) in [6.07, 6.45) is 2.33. The second-order valence-electron chi connectivity index (χ2n) is 7.89. The third kappa shape index (κ3) is 5.10. The van der Waals surface area contributed by atoms with E-state index in [1.807, 2.05) is 22.6 Å². The topological polar surface area (TPSA) is 71.5 Å². The van der Waals surface area contributed by atoms with E-state index in [9.17, 15) is 14.3 Å². The van der Waals surface area contributed by atoms with Crippen molar-refractivity contribution in [3.63, 3.8) is 0 Å². The van der Waals surface area contributed by atoms with Crippen LogP contribution < -0.4 is 10.1 Å². The van der Waals surface area contributed by atoms with Gasteiger partial charge in [-0.15, -0.1) is 0 Å². The molecule has 0 saturated heterocycles. The first-order valence-corrected chi connectivity index (χ1v) is 9.08. The van der Waals surface area contributed by atoms with Crippen LogP contribution in [0.2, 0.25) is 0 Å². The molecule has 0 spiro atoms. The van der Waals surface area contributed by atoms with E-state index < -0.39 is 6.04 Å². The summed E-state index contributed by atoms with van der Waals surface area (Å²) in [5.74, 6) is 0.0463. The Morgan fingerprint density at radius 1 is 1.37 bits per heavy atom. The fourth-order valence-corrected chi connectivity index (χ4v) is 3.05. The van der Waals surface area contributed by atoms with Crippen molar-refractivity contribution in [2.75, 3.05) is 6.61 Å². The van der Waals surface area contributed by atoms with E-state index >= 15 is 0 Å². The SMILES string of the molecule is BC(B)(C)Oc1ccc([C@H](CO)NC(=O)[C@H]2C[C@@H]2c2ccc(F)cc2)cn1. The molecule has 1 aliphatic rings. The van der Waals surface area contributed by atoms with Crippen LogP contribution in [0.1, 0.15) is 36.4 Å². The van der Waals surface area contributed by atoms with Crippen LogP contribution in [0.5, 0.6) is 5.88 Å². The number of hydrogen-bond donors (Lipinski definition) is 2. The number of aliphatic hydroxyl groups is 1. The highest BCUT2D eigenvalue weighted by Gasteiger charge is 2.44. The van der Waals surface area contributed by atoms with E-state index in [0.717, 1.165) is 12.0 Å². The second kappa shape index (κ2) is 7.72. The number of pyridine rings is 1. The molecule has 3 rings (SSSR count). The summed E-state index contributed by atoms with van der Waals surface area (Å²) in [6, 6.07) is 9.25. The zero-order chi connectivity index (χ0) is 19.6. The van der Waals surface area contributed by atoms with Crippen molar-refractivity contribution in [3.05, 3.63) is 59.5 Å². The molecule has 1 amide bonds. The number of ether oxygens (including phenoxy) is 1. The molecule has 1 aromatic heterocycles. The average Bonchev–Trinajstić information content (AvgIpc) is 3.40. The normalized spacial score (nSPS) is 20.0. The zero-order valence-corrected chi connectivity index (χ0v) is 15.8. The lowest BCUT2D eigenvalue weighted by Crippen LogP contribution is -2.33. The molecule has 0 aliphatic heterocycles. The van der Waals surface area contributed by atoms with Gasteiger partial charge in [0.25, 0.3) is 0 Å². The molecule has 1 aromatic carbocycles. The number of amides is 1. The lowest BCUT2D eigenvalue weighted by molar-refractivity contribution is -0.123. The van der Waals surface area contributed by atoms with Gasteiger partial charge in [-0.05, 0) is 48.6 Å². The maximum absolute atomic E-state index is 13.0. The molecule has 1 heterocycles. The number of aromatic nitrogens is 1. The second-order valence-corrected chi connectivity index (χ2v) is 7.89. The zero-order valence-electron chi connectivity index (χ0n) is 15.8. The fourth-order valence-electron chi connectivity index (χ4n) is 3.05. The highest BCUT2D eigenvalue weighted by Crippen LogP contribution is 2.47. The Labute approximate surface area is 160 Å². The van der Waals surface area contributed by atoms with Crippen molar-refractivity contribution < 1.29 is 19.0 Å². The van der Waals surface area contributed by atoms with Gasteiger partial charge in [0.05, 0.1) is 12.6 Å². The van der Waals surface area contributed by atoms with Crippen molar-refractivity contribution in [1.29, 1.82) is 0 Å². The largest absolute Gasteiger partial charge is 0.490 e. The summed E-state index contributed by atoms with van der Waals surface area (Å²) < 4.78 is 18.7. The number of aliphatic hydroxyl groups excluding tert-OH is 1. The predicted octanol–water partition coefficient (Wildman–Crippen LogP) is 0.493. The van der Waals surface area contributed by atoms with E-state index in [1.165, 1.54) is 12.1 Å². The molecule has 1 fully saturated rings. The van der Waals surface area contributed by atoms with Crippen molar-refractivity contribution in [2.45, 2.75) is 30.7 Å². The number of benzene rings is 1. The predicted molar refractivity (Wildman–Crippen MR) is 106 cm³/mol. The number of carbonyl (C=O) groups is 1. The molecular weight excluding hydrogens is 345 g/mol. The molecule has 8 heteroatoms. The minimum absolute atomic E-state index is 0.102. The number of halogens is 1. The Balaban J connectivity index is 1.60. The number of nitrogens with zero attached hydrogens (tertiary/aromatic N) is 1. The number of carbonyl (C=O) groups excluding carboxylic acids is 1.